The van der Waals surface area contributed by atoms with Crippen LogP contribution in [0.4, 0.5) is 0 Å². The van der Waals surface area contributed by atoms with Gasteiger partial charge in [0.15, 0.2) is 0 Å². The molecule has 0 aliphatic rings. The van der Waals surface area contributed by atoms with E-state index in [1.165, 1.54) is 11.3 Å². The summed E-state index contributed by atoms with van der Waals surface area (Å²) in [6, 6.07) is 6.04. The normalized spacial score (nSPS) is 10.5. The molecule has 0 spiro atoms. The Morgan fingerprint density at radius 1 is 1.07 bits per heavy atom. The molecule has 0 radical (unpaired) electrons. The maximum Gasteiger partial charge on any atom is 0.270 e. The zero-order chi connectivity index (χ0) is 20.4. The molecular formula is C21H29N3O3S. The first-order valence-corrected chi connectivity index (χ1v) is 10.6. The lowest BCUT2D eigenvalue weighted by Gasteiger charge is -2.07. The lowest BCUT2D eigenvalue weighted by molar-refractivity contribution is -0.121. The SMILES string of the molecule is CCCCCC(=O)NCCNC(=O)c1csc(COc2cc(C)cc(C)c2)n1. The number of amides is 2. The molecule has 1 aromatic carbocycles. The van der Waals surface area contributed by atoms with Crippen LogP contribution in [0, 0.1) is 13.8 Å². The monoisotopic (exact) mass is 403 g/mol. The van der Waals surface area contributed by atoms with Crippen molar-refractivity contribution in [3.05, 3.63) is 45.4 Å². The summed E-state index contributed by atoms with van der Waals surface area (Å²) in [6.07, 6.45) is 3.59. The number of nitrogens with zero attached hydrogens (tertiary/aromatic N) is 1. The van der Waals surface area contributed by atoms with Crippen molar-refractivity contribution in [1.29, 1.82) is 0 Å². The van der Waals surface area contributed by atoms with Gasteiger partial charge in [-0.25, -0.2) is 4.98 Å². The van der Waals surface area contributed by atoms with E-state index in [1.807, 2.05) is 26.0 Å². The predicted molar refractivity (Wildman–Crippen MR) is 112 cm³/mol. The summed E-state index contributed by atoms with van der Waals surface area (Å²) < 4.78 is 5.78. The van der Waals surface area contributed by atoms with Crippen LogP contribution in [0.15, 0.2) is 23.6 Å². The van der Waals surface area contributed by atoms with Crippen LogP contribution in [-0.2, 0) is 11.4 Å². The zero-order valence-corrected chi connectivity index (χ0v) is 17.7. The van der Waals surface area contributed by atoms with Gasteiger partial charge in [0.05, 0.1) is 0 Å². The number of carbonyl (C=O) groups excluding carboxylic acids is 2. The fraction of sp³-hybridized carbons (Fsp3) is 0.476. The molecule has 6 nitrogen and oxygen atoms in total. The first kappa shape index (κ1) is 21.9. The van der Waals surface area contributed by atoms with Crippen molar-refractivity contribution in [1.82, 2.24) is 15.6 Å². The fourth-order valence-electron chi connectivity index (χ4n) is 2.74. The molecule has 28 heavy (non-hydrogen) atoms. The van der Waals surface area contributed by atoms with E-state index >= 15 is 0 Å². The molecule has 0 unspecified atom stereocenters. The molecule has 2 amide bonds. The highest BCUT2D eigenvalue weighted by atomic mass is 32.1. The highest BCUT2D eigenvalue weighted by molar-refractivity contribution is 7.09. The molecule has 152 valence electrons. The molecule has 2 rings (SSSR count). The summed E-state index contributed by atoms with van der Waals surface area (Å²) in [7, 11) is 0. The van der Waals surface area contributed by atoms with Crippen LogP contribution in [0.5, 0.6) is 5.75 Å². The largest absolute Gasteiger partial charge is 0.486 e. The van der Waals surface area contributed by atoms with E-state index in [2.05, 4.69) is 28.6 Å². The third-order valence-corrected chi connectivity index (χ3v) is 4.90. The van der Waals surface area contributed by atoms with Crippen LogP contribution in [0.2, 0.25) is 0 Å². The molecule has 2 aromatic rings. The van der Waals surface area contributed by atoms with E-state index < -0.39 is 0 Å². The van der Waals surface area contributed by atoms with Crippen LogP contribution in [0.3, 0.4) is 0 Å². The number of rotatable bonds is 11. The molecule has 0 atom stereocenters. The number of unbranched alkanes of at least 4 members (excludes halogenated alkanes) is 2. The summed E-state index contributed by atoms with van der Waals surface area (Å²) in [5.74, 6) is 0.588. The Morgan fingerprint density at radius 2 is 1.79 bits per heavy atom. The van der Waals surface area contributed by atoms with Crippen molar-refractivity contribution < 1.29 is 14.3 Å². The number of hydrogen-bond acceptors (Lipinski definition) is 5. The van der Waals surface area contributed by atoms with Gasteiger partial charge in [0.25, 0.3) is 5.91 Å². The lowest BCUT2D eigenvalue weighted by Crippen LogP contribution is -2.34. The summed E-state index contributed by atoms with van der Waals surface area (Å²) >= 11 is 1.39. The van der Waals surface area contributed by atoms with Gasteiger partial charge in [0.2, 0.25) is 5.91 Å². The molecule has 0 aliphatic carbocycles. The molecule has 2 N–H and O–H groups in total. The third-order valence-electron chi connectivity index (χ3n) is 4.08. The number of aromatic nitrogens is 1. The van der Waals surface area contributed by atoms with Crippen LogP contribution < -0.4 is 15.4 Å². The molecule has 7 heteroatoms. The fourth-order valence-corrected chi connectivity index (χ4v) is 3.42. The Kier molecular flexibility index (Phi) is 8.94. The van der Waals surface area contributed by atoms with Gasteiger partial charge in [-0.2, -0.15) is 0 Å². The smallest absolute Gasteiger partial charge is 0.270 e. The third kappa shape index (κ3) is 7.68. The number of ether oxygens (including phenoxy) is 1. The van der Waals surface area contributed by atoms with Gasteiger partial charge >= 0.3 is 0 Å². The van der Waals surface area contributed by atoms with E-state index in [4.69, 9.17) is 4.74 Å². The van der Waals surface area contributed by atoms with E-state index in [1.54, 1.807) is 5.38 Å². The van der Waals surface area contributed by atoms with E-state index in [0.717, 1.165) is 41.1 Å². The van der Waals surface area contributed by atoms with Crippen LogP contribution >= 0.6 is 11.3 Å². The van der Waals surface area contributed by atoms with E-state index in [0.29, 0.717) is 31.8 Å². The maximum absolute atomic E-state index is 12.2. The molecule has 0 saturated carbocycles. The standard InChI is InChI=1S/C21H29N3O3S/c1-4-5-6-7-19(25)22-8-9-23-21(26)18-14-28-20(24-18)13-27-17-11-15(2)10-16(3)12-17/h10-12,14H,4-9,13H2,1-3H3,(H,22,25)(H,23,26). The van der Waals surface area contributed by atoms with Crippen molar-refractivity contribution in [3.63, 3.8) is 0 Å². The number of hydrogen-bond donors (Lipinski definition) is 2. The minimum Gasteiger partial charge on any atom is -0.486 e. The number of thiazole rings is 1. The number of nitrogens with one attached hydrogen (secondary N) is 2. The second kappa shape index (κ2) is 11.4. The first-order chi connectivity index (χ1) is 13.5. The van der Waals surface area contributed by atoms with Crippen LogP contribution in [0.1, 0.15) is 59.2 Å². The number of benzene rings is 1. The molecule has 1 aromatic heterocycles. The van der Waals surface area contributed by atoms with Gasteiger partial charge in [-0.15, -0.1) is 11.3 Å². The van der Waals surface area contributed by atoms with Crippen LogP contribution in [-0.4, -0.2) is 29.9 Å². The number of aryl methyl sites for hydroxylation is 2. The molecular weight excluding hydrogens is 374 g/mol. The molecule has 0 saturated heterocycles. The summed E-state index contributed by atoms with van der Waals surface area (Å²) in [5, 5.41) is 8.05. The lowest BCUT2D eigenvalue weighted by atomic mass is 10.1. The average molecular weight is 404 g/mol. The van der Waals surface area contributed by atoms with Gasteiger partial charge in [-0.3, -0.25) is 9.59 Å². The van der Waals surface area contributed by atoms with Crippen LogP contribution in [0.25, 0.3) is 0 Å². The van der Waals surface area contributed by atoms with Gasteiger partial charge < -0.3 is 15.4 Å². The quantitative estimate of drug-likeness (QED) is 0.560. The summed E-state index contributed by atoms with van der Waals surface area (Å²) in [4.78, 5) is 28.1. The van der Waals surface area contributed by atoms with Gasteiger partial charge in [-0.1, -0.05) is 25.8 Å². The van der Waals surface area contributed by atoms with Crippen molar-refractivity contribution in [2.75, 3.05) is 13.1 Å². The molecule has 0 aliphatic heterocycles. The van der Waals surface area contributed by atoms with Gasteiger partial charge in [0.1, 0.15) is 23.1 Å². The average Bonchev–Trinajstić information content (AvgIpc) is 3.12. The van der Waals surface area contributed by atoms with E-state index in [9.17, 15) is 9.59 Å². The van der Waals surface area contributed by atoms with Gasteiger partial charge in [-0.05, 0) is 43.5 Å². The predicted octanol–water partition coefficient (Wildman–Crippen LogP) is 3.77. The Hall–Kier alpha value is -2.41. The van der Waals surface area contributed by atoms with Crippen molar-refractivity contribution in [2.24, 2.45) is 0 Å². The van der Waals surface area contributed by atoms with Gasteiger partial charge in [0, 0.05) is 24.9 Å². The Morgan fingerprint density at radius 3 is 2.50 bits per heavy atom. The Bertz CT molecular complexity index is 769. The summed E-state index contributed by atoms with van der Waals surface area (Å²) in [5.41, 5.74) is 2.66. The molecule has 0 fully saturated rings. The second-order valence-electron chi connectivity index (χ2n) is 6.80. The highest BCUT2D eigenvalue weighted by Crippen LogP contribution is 2.19. The van der Waals surface area contributed by atoms with Crippen molar-refractivity contribution >= 4 is 23.2 Å². The molecule has 1 heterocycles. The van der Waals surface area contributed by atoms with Crippen molar-refractivity contribution in [2.45, 2.75) is 53.1 Å². The minimum absolute atomic E-state index is 0.0298. The zero-order valence-electron chi connectivity index (χ0n) is 16.8. The Labute approximate surface area is 170 Å². The molecule has 0 bridgehead atoms. The second-order valence-corrected chi connectivity index (χ2v) is 7.74. The highest BCUT2D eigenvalue weighted by Gasteiger charge is 2.11. The minimum atomic E-state index is -0.242. The topological polar surface area (TPSA) is 80.3 Å². The number of carbonyl (C=O) groups is 2. The maximum atomic E-state index is 12.2. The first-order valence-electron chi connectivity index (χ1n) is 9.68. The summed E-state index contributed by atoms with van der Waals surface area (Å²) in [6.45, 7) is 7.29. The van der Waals surface area contributed by atoms with Crippen molar-refractivity contribution in [3.8, 4) is 5.75 Å². The van der Waals surface area contributed by atoms with E-state index in [-0.39, 0.29) is 11.8 Å². The Balaban J connectivity index is 1.70.